The van der Waals surface area contributed by atoms with Crippen LogP contribution in [0.2, 0.25) is 5.02 Å². The highest BCUT2D eigenvalue weighted by Crippen LogP contribution is 2.21. The number of nitrogens with one attached hydrogen (secondary N) is 1. The van der Waals surface area contributed by atoms with E-state index in [1.807, 2.05) is 0 Å². The van der Waals surface area contributed by atoms with Crippen molar-refractivity contribution < 1.29 is 22.0 Å². The quantitative estimate of drug-likeness (QED) is 0.766. The van der Waals surface area contributed by atoms with Gasteiger partial charge in [0.15, 0.2) is 0 Å². The zero-order valence-corrected chi connectivity index (χ0v) is 15.4. The molecule has 0 fully saturated rings. The second-order valence-electron chi connectivity index (χ2n) is 5.59. The number of carbonyl (C=O) groups excluding carboxylic acids is 1. The molecule has 2 aromatic carbocycles. The molecule has 0 aromatic heterocycles. The maximum atomic E-state index is 13.5. The third-order valence-electron chi connectivity index (χ3n) is 3.49. The first kappa shape index (κ1) is 20.1. The topological polar surface area (TPSA) is 66.5 Å². The van der Waals surface area contributed by atoms with Crippen molar-refractivity contribution in [1.29, 1.82) is 0 Å². The van der Waals surface area contributed by atoms with Gasteiger partial charge in [-0.15, -0.1) is 0 Å². The fourth-order valence-electron chi connectivity index (χ4n) is 2.28. The number of amides is 1. The van der Waals surface area contributed by atoms with Crippen LogP contribution < -0.4 is 9.62 Å². The van der Waals surface area contributed by atoms with E-state index in [-0.39, 0.29) is 25.1 Å². The fourth-order valence-corrected chi connectivity index (χ4v) is 3.37. The van der Waals surface area contributed by atoms with Crippen molar-refractivity contribution in [1.82, 2.24) is 0 Å². The Balaban J connectivity index is 1.96. The van der Waals surface area contributed by atoms with Crippen molar-refractivity contribution in [3.8, 4) is 0 Å². The van der Waals surface area contributed by atoms with Gasteiger partial charge in [-0.25, -0.2) is 17.2 Å². The average molecular weight is 403 g/mol. The highest BCUT2D eigenvalue weighted by Gasteiger charge is 2.17. The Bertz CT molecular complexity index is 889. The van der Waals surface area contributed by atoms with E-state index in [9.17, 15) is 22.0 Å². The Morgan fingerprint density at radius 2 is 1.81 bits per heavy atom. The minimum absolute atomic E-state index is 0.0313. The molecule has 0 aliphatic rings. The second-order valence-corrected chi connectivity index (χ2v) is 7.93. The molecular weight excluding hydrogens is 386 g/mol. The van der Waals surface area contributed by atoms with Crippen LogP contribution in [0.5, 0.6) is 0 Å². The van der Waals surface area contributed by atoms with E-state index >= 15 is 0 Å². The van der Waals surface area contributed by atoms with Gasteiger partial charge in [-0.05, 0) is 42.8 Å². The molecule has 0 spiro atoms. The predicted octanol–water partition coefficient (Wildman–Crippen LogP) is 3.80. The number of anilines is 2. The molecule has 0 unspecified atom stereocenters. The zero-order chi connectivity index (χ0) is 19.3. The first-order valence-corrected chi connectivity index (χ1v) is 9.87. The van der Waals surface area contributed by atoms with Gasteiger partial charge in [0.1, 0.15) is 11.6 Å². The smallest absolute Gasteiger partial charge is 0.232 e. The summed E-state index contributed by atoms with van der Waals surface area (Å²) < 4.78 is 51.5. The Morgan fingerprint density at radius 1 is 1.15 bits per heavy atom. The largest absolute Gasteiger partial charge is 0.324 e. The van der Waals surface area contributed by atoms with E-state index in [1.54, 1.807) is 24.3 Å². The van der Waals surface area contributed by atoms with Crippen LogP contribution in [0.15, 0.2) is 42.5 Å². The van der Waals surface area contributed by atoms with Gasteiger partial charge in [0, 0.05) is 24.1 Å². The highest BCUT2D eigenvalue weighted by molar-refractivity contribution is 7.92. The molecule has 0 bridgehead atoms. The summed E-state index contributed by atoms with van der Waals surface area (Å²) >= 11 is 5.80. The van der Waals surface area contributed by atoms with Crippen molar-refractivity contribution in [2.24, 2.45) is 0 Å². The first-order chi connectivity index (χ1) is 12.2. The van der Waals surface area contributed by atoms with Crippen molar-refractivity contribution >= 4 is 38.9 Å². The summed E-state index contributed by atoms with van der Waals surface area (Å²) in [5.74, 6) is -2.12. The molecule has 1 N–H and O–H groups in total. The third kappa shape index (κ3) is 5.67. The normalized spacial score (nSPS) is 11.2. The van der Waals surface area contributed by atoms with Crippen molar-refractivity contribution in [3.63, 3.8) is 0 Å². The van der Waals surface area contributed by atoms with Crippen LogP contribution in [0.4, 0.5) is 20.2 Å². The average Bonchev–Trinajstić information content (AvgIpc) is 2.54. The van der Waals surface area contributed by atoms with Gasteiger partial charge < -0.3 is 5.32 Å². The van der Waals surface area contributed by atoms with Gasteiger partial charge in [-0.1, -0.05) is 11.6 Å². The number of carbonyl (C=O) groups is 1. The van der Waals surface area contributed by atoms with Crippen LogP contribution >= 0.6 is 11.6 Å². The van der Waals surface area contributed by atoms with Gasteiger partial charge >= 0.3 is 0 Å². The molecule has 140 valence electrons. The molecule has 2 aromatic rings. The van der Waals surface area contributed by atoms with Crippen LogP contribution in [0.3, 0.4) is 0 Å². The summed E-state index contributed by atoms with van der Waals surface area (Å²) in [6.45, 7) is 0.0692. The van der Waals surface area contributed by atoms with E-state index in [0.717, 1.165) is 22.7 Å². The molecule has 0 atom stereocenters. The van der Waals surface area contributed by atoms with Crippen molar-refractivity contribution in [3.05, 3.63) is 59.1 Å². The first-order valence-electron chi connectivity index (χ1n) is 7.65. The van der Waals surface area contributed by atoms with Crippen LogP contribution in [0, 0.1) is 11.6 Å². The molecule has 0 aliphatic heterocycles. The van der Waals surface area contributed by atoms with Crippen LogP contribution in [0.1, 0.15) is 12.8 Å². The number of hydrogen-bond acceptors (Lipinski definition) is 3. The lowest BCUT2D eigenvalue weighted by atomic mass is 10.2. The molecule has 26 heavy (non-hydrogen) atoms. The fraction of sp³-hybridized carbons (Fsp3) is 0.235. The van der Waals surface area contributed by atoms with E-state index in [2.05, 4.69) is 5.32 Å². The number of hydrogen-bond donors (Lipinski definition) is 1. The van der Waals surface area contributed by atoms with Gasteiger partial charge in [0.25, 0.3) is 0 Å². The third-order valence-corrected chi connectivity index (χ3v) is 4.93. The van der Waals surface area contributed by atoms with E-state index < -0.39 is 27.6 Å². The van der Waals surface area contributed by atoms with Gasteiger partial charge in [-0.3, -0.25) is 9.10 Å². The van der Waals surface area contributed by atoms with Crippen LogP contribution in [0.25, 0.3) is 0 Å². The minimum Gasteiger partial charge on any atom is -0.324 e. The SMILES string of the molecule is CS(=O)(=O)N(CCCC(=O)Nc1ccc(F)cc1F)c1ccc(Cl)cc1. The van der Waals surface area contributed by atoms with Crippen molar-refractivity contribution in [2.45, 2.75) is 12.8 Å². The number of rotatable bonds is 7. The number of benzene rings is 2. The predicted molar refractivity (Wildman–Crippen MR) is 97.9 cm³/mol. The monoisotopic (exact) mass is 402 g/mol. The lowest BCUT2D eigenvalue weighted by molar-refractivity contribution is -0.116. The molecule has 2 rings (SSSR count). The Labute approximate surface area is 155 Å². The molecule has 0 aliphatic carbocycles. The van der Waals surface area contributed by atoms with Gasteiger partial charge in [-0.2, -0.15) is 0 Å². The summed E-state index contributed by atoms with van der Waals surface area (Å²) in [4.78, 5) is 11.9. The van der Waals surface area contributed by atoms with Crippen LogP contribution in [-0.2, 0) is 14.8 Å². The Morgan fingerprint density at radius 3 is 2.38 bits per heavy atom. The lowest BCUT2D eigenvalue weighted by Crippen LogP contribution is -2.31. The molecular formula is C17H17ClF2N2O3S. The standard InChI is InChI=1S/C17H17ClF2N2O3S/c1-26(24,25)22(14-7-4-12(18)5-8-14)10-2-3-17(23)21-16-9-6-13(19)11-15(16)20/h4-9,11H,2-3,10H2,1H3,(H,21,23). The molecule has 0 saturated heterocycles. The van der Waals surface area contributed by atoms with E-state index in [1.165, 1.54) is 0 Å². The summed E-state index contributed by atoms with van der Waals surface area (Å²) in [6.07, 6.45) is 1.25. The van der Waals surface area contributed by atoms with E-state index in [4.69, 9.17) is 11.6 Å². The molecule has 9 heteroatoms. The summed E-state index contributed by atoms with van der Waals surface area (Å²) in [5.41, 5.74) is 0.302. The summed E-state index contributed by atoms with van der Waals surface area (Å²) in [6, 6.07) is 9.10. The Kier molecular flexibility index (Phi) is 6.55. The van der Waals surface area contributed by atoms with Gasteiger partial charge in [0.05, 0.1) is 17.6 Å². The zero-order valence-electron chi connectivity index (χ0n) is 13.9. The van der Waals surface area contributed by atoms with Crippen molar-refractivity contribution in [2.75, 3.05) is 22.4 Å². The highest BCUT2D eigenvalue weighted by atomic mass is 35.5. The molecule has 0 radical (unpaired) electrons. The van der Waals surface area contributed by atoms with Gasteiger partial charge in [0.2, 0.25) is 15.9 Å². The summed E-state index contributed by atoms with van der Waals surface area (Å²) in [7, 11) is -3.54. The molecule has 0 saturated carbocycles. The Hall–Kier alpha value is -2.19. The number of nitrogens with zero attached hydrogens (tertiary/aromatic N) is 1. The minimum atomic E-state index is -3.54. The second kappa shape index (κ2) is 8.46. The molecule has 0 heterocycles. The number of halogens is 3. The maximum absolute atomic E-state index is 13.5. The molecule has 1 amide bonds. The molecule has 5 nitrogen and oxygen atoms in total. The maximum Gasteiger partial charge on any atom is 0.232 e. The van der Waals surface area contributed by atoms with Crippen LogP contribution in [-0.4, -0.2) is 27.1 Å². The summed E-state index contributed by atoms with van der Waals surface area (Å²) in [5, 5.41) is 2.81. The number of sulfonamides is 1. The van der Waals surface area contributed by atoms with E-state index in [0.29, 0.717) is 16.8 Å². The lowest BCUT2D eigenvalue weighted by Gasteiger charge is -2.22.